The van der Waals surface area contributed by atoms with Gasteiger partial charge in [0.05, 0.1) is 7.11 Å². The van der Waals surface area contributed by atoms with Crippen LogP contribution >= 0.6 is 0 Å². The highest BCUT2D eigenvalue weighted by atomic mass is 16.5. The minimum absolute atomic E-state index is 0.653. The Morgan fingerprint density at radius 2 is 2.00 bits per heavy atom. The van der Waals surface area contributed by atoms with Crippen molar-refractivity contribution in [1.82, 2.24) is 5.32 Å². The van der Waals surface area contributed by atoms with E-state index in [-0.39, 0.29) is 0 Å². The molecule has 2 nitrogen and oxygen atoms in total. The van der Waals surface area contributed by atoms with Gasteiger partial charge in [-0.25, -0.2) is 0 Å². The standard InChI is InChI=1S/C18H25NO/c1-19-15(9-11-4-3-5-14(8-11)20-2)18-16-12-6-7-13(10-12)17(16)18/h3-5,8,12-13,15-19H,6-7,9-10H2,1-2H3. The summed E-state index contributed by atoms with van der Waals surface area (Å²) in [5.74, 6) is 6.16. The number of fused-ring (bicyclic) bond motifs is 5. The molecule has 3 fully saturated rings. The first-order chi connectivity index (χ1) is 9.81. The van der Waals surface area contributed by atoms with Crippen molar-refractivity contribution in [2.75, 3.05) is 14.2 Å². The van der Waals surface area contributed by atoms with Crippen LogP contribution in [-0.2, 0) is 6.42 Å². The molecule has 3 aliphatic carbocycles. The van der Waals surface area contributed by atoms with Gasteiger partial charge in [-0.05, 0) is 80.0 Å². The van der Waals surface area contributed by atoms with Gasteiger partial charge >= 0.3 is 0 Å². The zero-order chi connectivity index (χ0) is 13.7. The summed E-state index contributed by atoms with van der Waals surface area (Å²) in [6.45, 7) is 0. The van der Waals surface area contributed by atoms with Gasteiger partial charge in [0.2, 0.25) is 0 Å². The zero-order valence-electron chi connectivity index (χ0n) is 12.5. The number of hydrogen-bond donors (Lipinski definition) is 1. The van der Waals surface area contributed by atoms with E-state index in [1.54, 1.807) is 13.5 Å². The Morgan fingerprint density at radius 3 is 2.65 bits per heavy atom. The fourth-order valence-electron chi connectivity index (χ4n) is 5.41. The molecule has 3 aliphatic rings. The van der Waals surface area contributed by atoms with Gasteiger partial charge in [0.25, 0.3) is 0 Å². The van der Waals surface area contributed by atoms with Crippen molar-refractivity contribution in [3.05, 3.63) is 29.8 Å². The van der Waals surface area contributed by atoms with E-state index in [0.29, 0.717) is 6.04 Å². The number of rotatable bonds is 5. The van der Waals surface area contributed by atoms with Crippen molar-refractivity contribution in [3.63, 3.8) is 0 Å². The molecule has 0 aromatic heterocycles. The number of hydrogen-bond acceptors (Lipinski definition) is 2. The third-order valence-electron chi connectivity index (χ3n) is 6.22. The fourth-order valence-corrected chi connectivity index (χ4v) is 5.41. The van der Waals surface area contributed by atoms with E-state index in [2.05, 4.69) is 30.6 Å². The van der Waals surface area contributed by atoms with E-state index >= 15 is 0 Å². The lowest BCUT2D eigenvalue weighted by atomic mass is 9.93. The first-order valence-corrected chi connectivity index (χ1v) is 8.12. The van der Waals surface area contributed by atoms with Crippen molar-refractivity contribution in [1.29, 1.82) is 0 Å². The second-order valence-electron chi connectivity index (χ2n) is 7.02. The van der Waals surface area contributed by atoms with Crippen molar-refractivity contribution < 1.29 is 4.74 Å². The molecule has 108 valence electrons. The third-order valence-corrected chi connectivity index (χ3v) is 6.22. The SMILES string of the molecule is CNC(Cc1cccc(OC)c1)C1C2C3CCC(C3)C21. The summed E-state index contributed by atoms with van der Waals surface area (Å²) < 4.78 is 5.34. The molecule has 0 aliphatic heterocycles. The smallest absolute Gasteiger partial charge is 0.119 e. The normalized spacial score (nSPS) is 38.6. The van der Waals surface area contributed by atoms with Gasteiger partial charge in [-0.3, -0.25) is 0 Å². The predicted molar refractivity (Wildman–Crippen MR) is 80.8 cm³/mol. The molecule has 0 amide bonds. The Morgan fingerprint density at radius 1 is 1.25 bits per heavy atom. The van der Waals surface area contributed by atoms with Gasteiger partial charge in [-0.2, -0.15) is 0 Å². The van der Waals surface area contributed by atoms with E-state index in [0.717, 1.165) is 41.8 Å². The van der Waals surface area contributed by atoms with Crippen LogP contribution in [0.2, 0.25) is 0 Å². The Hall–Kier alpha value is -1.02. The van der Waals surface area contributed by atoms with Crippen LogP contribution in [-0.4, -0.2) is 20.2 Å². The molecule has 0 heterocycles. The van der Waals surface area contributed by atoms with Crippen LogP contribution in [0.25, 0.3) is 0 Å². The molecular formula is C18H25NO. The Labute approximate surface area is 121 Å². The van der Waals surface area contributed by atoms with Gasteiger partial charge in [0.15, 0.2) is 0 Å². The van der Waals surface area contributed by atoms with Gasteiger partial charge in [-0.15, -0.1) is 0 Å². The number of likely N-dealkylation sites (N-methyl/N-ethyl adjacent to an activating group) is 1. The van der Waals surface area contributed by atoms with E-state index in [1.165, 1.54) is 18.4 Å². The molecule has 3 saturated carbocycles. The molecule has 5 atom stereocenters. The topological polar surface area (TPSA) is 21.3 Å². The average molecular weight is 271 g/mol. The maximum atomic E-state index is 5.34. The molecule has 0 radical (unpaired) electrons. The monoisotopic (exact) mass is 271 g/mol. The lowest BCUT2D eigenvalue weighted by molar-refractivity contribution is 0.375. The van der Waals surface area contributed by atoms with Crippen LogP contribution in [0.1, 0.15) is 24.8 Å². The van der Waals surface area contributed by atoms with Gasteiger partial charge < -0.3 is 10.1 Å². The molecule has 1 N–H and O–H groups in total. The quantitative estimate of drug-likeness (QED) is 0.888. The Bertz CT molecular complexity index is 484. The summed E-state index contributed by atoms with van der Waals surface area (Å²) in [5, 5.41) is 3.61. The van der Waals surface area contributed by atoms with Crippen molar-refractivity contribution in [2.45, 2.75) is 31.7 Å². The van der Waals surface area contributed by atoms with Crippen LogP contribution in [0.5, 0.6) is 5.75 Å². The van der Waals surface area contributed by atoms with Gasteiger partial charge in [0.1, 0.15) is 5.75 Å². The number of nitrogens with one attached hydrogen (secondary N) is 1. The maximum absolute atomic E-state index is 5.34. The highest BCUT2D eigenvalue weighted by molar-refractivity contribution is 5.29. The van der Waals surface area contributed by atoms with Crippen LogP contribution in [0.3, 0.4) is 0 Å². The van der Waals surface area contributed by atoms with Crippen molar-refractivity contribution in [2.24, 2.45) is 29.6 Å². The van der Waals surface area contributed by atoms with E-state index in [1.807, 2.05) is 6.07 Å². The summed E-state index contributed by atoms with van der Waals surface area (Å²) in [4.78, 5) is 0. The highest BCUT2D eigenvalue weighted by Gasteiger charge is 2.66. The minimum atomic E-state index is 0.653. The van der Waals surface area contributed by atoms with Crippen LogP contribution in [0.4, 0.5) is 0 Å². The Balaban J connectivity index is 1.47. The van der Waals surface area contributed by atoms with E-state index < -0.39 is 0 Å². The van der Waals surface area contributed by atoms with Crippen LogP contribution < -0.4 is 10.1 Å². The van der Waals surface area contributed by atoms with Crippen molar-refractivity contribution in [3.8, 4) is 5.75 Å². The summed E-state index contributed by atoms with van der Waals surface area (Å²) in [6.07, 6.45) is 5.71. The second kappa shape index (κ2) is 4.77. The first kappa shape index (κ1) is 12.7. The average Bonchev–Trinajstić information content (AvgIpc) is 2.91. The predicted octanol–water partition coefficient (Wildman–Crippen LogP) is 3.12. The van der Waals surface area contributed by atoms with Crippen molar-refractivity contribution >= 4 is 0 Å². The molecule has 2 bridgehead atoms. The Kier molecular flexibility index (Phi) is 3.03. The zero-order valence-corrected chi connectivity index (χ0v) is 12.5. The van der Waals surface area contributed by atoms with Gasteiger partial charge in [0, 0.05) is 6.04 Å². The molecule has 0 saturated heterocycles. The molecule has 20 heavy (non-hydrogen) atoms. The molecule has 1 aromatic rings. The summed E-state index contributed by atoms with van der Waals surface area (Å²) >= 11 is 0. The minimum Gasteiger partial charge on any atom is -0.497 e. The fraction of sp³-hybridized carbons (Fsp3) is 0.667. The molecule has 2 heteroatoms. The van der Waals surface area contributed by atoms with E-state index in [9.17, 15) is 0 Å². The summed E-state index contributed by atoms with van der Waals surface area (Å²) in [5.41, 5.74) is 1.40. The number of benzene rings is 1. The number of methoxy groups -OCH3 is 1. The van der Waals surface area contributed by atoms with Crippen LogP contribution in [0, 0.1) is 29.6 Å². The lowest BCUT2D eigenvalue weighted by Crippen LogP contribution is -2.32. The maximum Gasteiger partial charge on any atom is 0.119 e. The first-order valence-electron chi connectivity index (χ1n) is 8.12. The molecule has 1 aromatic carbocycles. The van der Waals surface area contributed by atoms with E-state index in [4.69, 9.17) is 4.74 Å². The lowest BCUT2D eigenvalue weighted by Gasteiger charge is -2.20. The number of ether oxygens (including phenoxy) is 1. The van der Waals surface area contributed by atoms with Crippen LogP contribution in [0.15, 0.2) is 24.3 Å². The molecule has 5 unspecified atom stereocenters. The summed E-state index contributed by atoms with van der Waals surface area (Å²) in [7, 11) is 3.89. The largest absolute Gasteiger partial charge is 0.497 e. The highest BCUT2D eigenvalue weighted by Crippen LogP contribution is 2.70. The molecule has 4 rings (SSSR count). The second-order valence-corrected chi connectivity index (χ2v) is 7.02. The third kappa shape index (κ3) is 1.88. The molecular weight excluding hydrogens is 246 g/mol. The summed E-state index contributed by atoms with van der Waals surface area (Å²) in [6, 6.07) is 9.22. The molecule has 0 spiro atoms. The van der Waals surface area contributed by atoms with Gasteiger partial charge in [-0.1, -0.05) is 12.1 Å².